The van der Waals surface area contributed by atoms with Gasteiger partial charge in [-0.25, -0.2) is 0 Å². The first-order chi connectivity index (χ1) is 12.0. The van der Waals surface area contributed by atoms with E-state index in [4.69, 9.17) is 14.2 Å². The molecule has 136 valence electrons. The van der Waals surface area contributed by atoms with Gasteiger partial charge in [0.25, 0.3) is 11.1 Å². The quantitative estimate of drug-likeness (QED) is 0.420. The molecule has 2 rings (SSSR count). The van der Waals surface area contributed by atoms with Crippen LogP contribution in [0.3, 0.4) is 0 Å². The molecule has 0 spiro atoms. The van der Waals surface area contributed by atoms with E-state index < -0.39 is 0 Å². The maximum absolute atomic E-state index is 12.4. The highest BCUT2D eigenvalue weighted by Crippen LogP contribution is 2.37. The van der Waals surface area contributed by atoms with Crippen molar-refractivity contribution in [2.24, 2.45) is 0 Å². The monoisotopic (exact) mass is 477 g/mol. The first-order valence-electron chi connectivity index (χ1n) is 7.76. The number of halogens is 1. The summed E-state index contributed by atoms with van der Waals surface area (Å²) in [5.41, 5.74) is 0.780. The smallest absolute Gasteiger partial charge is 0.293 e. The van der Waals surface area contributed by atoms with E-state index in [2.05, 4.69) is 22.6 Å². The lowest BCUT2D eigenvalue weighted by molar-refractivity contribution is -0.123. The number of rotatable bonds is 8. The van der Waals surface area contributed by atoms with Crippen LogP contribution in [0, 0.1) is 3.57 Å². The van der Waals surface area contributed by atoms with Gasteiger partial charge in [-0.05, 0) is 64.5 Å². The summed E-state index contributed by atoms with van der Waals surface area (Å²) in [6.07, 6.45) is 2.60. The molecule has 6 nitrogen and oxygen atoms in total. The van der Waals surface area contributed by atoms with Crippen molar-refractivity contribution < 1.29 is 23.8 Å². The lowest BCUT2D eigenvalue weighted by Gasteiger charge is -2.13. The van der Waals surface area contributed by atoms with Crippen LogP contribution in [-0.2, 0) is 9.53 Å². The first kappa shape index (κ1) is 20.1. The third kappa shape index (κ3) is 4.89. The first-order valence-corrected chi connectivity index (χ1v) is 9.66. The molecule has 8 heteroatoms. The molecular weight excluding hydrogens is 457 g/mol. The Kier molecular flexibility index (Phi) is 7.57. The number of carbonyl (C=O) groups excluding carboxylic acids is 2. The maximum Gasteiger partial charge on any atom is 0.293 e. The summed E-state index contributed by atoms with van der Waals surface area (Å²) in [6.45, 7) is 3.21. The second kappa shape index (κ2) is 9.44. The van der Waals surface area contributed by atoms with Gasteiger partial charge in [-0.1, -0.05) is 6.92 Å². The number of hydrogen-bond donors (Lipinski definition) is 0. The zero-order chi connectivity index (χ0) is 18.4. The van der Waals surface area contributed by atoms with Crippen LogP contribution in [0.25, 0.3) is 6.08 Å². The lowest BCUT2D eigenvalue weighted by Crippen LogP contribution is -2.31. The second-order valence-electron chi connectivity index (χ2n) is 5.21. The Labute approximate surface area is 165 Å². The number of nitrogens with zero attached hydrogens (tertiary/aromatic N) is 1. The number of methoxy groups -OCH3 is 2. The summed E-state index contributed by atoms with van der Waals surface area (Å²) < 4.78 is 17.0. The van der Waals surface area contributed by atoms with E-state index >= 15 is 0 Å². The molecule has 1 aliphatic rings. The summed E-state index contributed by atoms with van der Waals surface area (Å²) in [4.78, 5) is 25.9. The minimum Gasteiger partial charge on any atom is -0.493 e. The standard InChI is InChI=1S/C17H20INO5S/c1-4-6-24-15-12(18)8-11(9-13(15)23-3)10-14-16(20)19(5-7-22-2)17(21)25-14/h8-10H,4-7H2,1-3H3/b14-10-. The number of thioether (sulfide) groups is 1. The van der Waals surface area contributed by atoms with E-state index in [1.165, 1.54) is 12.0 Å². The van der Waals surface area contributed by atoms with Crippen molar-refractivity contribution in [1.29, 1.82) is 0 Å². The normalized spacial score (nSPS) is 16.0. The Bertz CT molecular complexity index is 692. The fourth-order valence-electron chi connectivity index (χ4n) is 2.19. The molecule has 1 aromatic carbocycles. The molecule has 0 aliphatic carbocycles. The summed E-state index contributed by atoms with van der Waals surface area (Å²) >= 11 is 3.11. The van der Waals surface area contributed by atoms with E-state index in [1.807, 2.05) is 13.0 Å². The van der Waals surface area contributed by atoms with Crippen LogP contribution in [0.1, 0.15) is 18.9 Å². The Morgan fingerprint density at radius 3 is 2.64 bits per heavy atom. The Hall–Kier alpha value is -1.26. The zero-order valence-corrected chi connectivity index (χ0v) is 17.3. The van der Waals surface area contributed by atoms with Crippen molar-refractivity contribution in [1.82, 2.24) is 4.90 Å². The van der Waals surface area contributed by atoms with Crippen molar-refractivity contribution in [3.63, 3.8) is 0 Å². The van der Waals surface area contributed by atoms with Crippen LogP contribution in [0.5, 0.6) is 11.5 Å². The highest BCUT2D eigenvalue weighted by molar-refractivity contribution is 14.1. The molecule has 0 atom stereocenters. The Morgan fingerprint density at radius 1 is 1.24 bits per heavy atom. The van der Waals surface area contributed by atoms with Crippen LogP contribution < -0.4 is 9.47 Å². The van der Waals surface area contributed by atoms with Crippen LogP contribution in [-0.4, -0.2) is 50.0 Å². The molecule has 0 bridgehead atoms. The number of carbonyl (C=O) groups is 2. The molecule has 1 fully saturated rings. The molecule has 0 saturated carbocycles. The van der Waals surface area contributed by atoms with E-state index in [-0.39, 0.29) is 17.7 Å². The molecule has 0 unspecified atom stereocenters. The van der Waals surface area contributed by atoms with Crippen LogP contribution in [0.2, 0.25) is 0 Å². The van der Waals surface area contributed by atoms with Crippen molar-refractivity contribution in [2.75, 3.05) is 34.0 Å². The highest BCUT2D eigenvalue weighted by Gasteiger charge is 2.34. The van der Waals surface area contributed by atoms with Crippen molar-refractivity contribution in [3.8, 4) is 11.5 Å². The highest BCUT2D eigenvalue weighted by atomic mass is 127. The predicted molar refractivity (Wildman–Crippen MR) is 106 cm³/mol. The van der Waals surface area contributed by atoms with Crippen LogP contribution in [0.15, 0.2) is 17.0 Å². The summed E-state index contributed by atoms with van der Waals surface area (Å²) in [7, 11) is 3.11. The van der Waals surface area contributed by atoms with Crippen molar-refractivity contribution in [2.45, 2.75) is 13.3 Å². The van der Waals surface area contributed by atoms with Crippen molar-refractivity contribution in [3.05, 3.63) is 26.2 Å². The van der Waals surface area contributed by atoms with E-state index in [0.717, 1.165) is 27.3 Å². The molecule has 1 aliphatic heterocycles. The number of benzene rings is 1. The minimum absolute atomic E-state index is 0.253. The number of imide groups is 1. The fourth-order valence-corrected chi connectivity index (χ4v) is 3.84. The average molecular weight is 477 g/mol. The van der Waals surface area contributed by atoms with Gasteiger partial charge in [-0.2, -0.15) is 0 Å². The number of hydrogen-bond acceptors (Lipinski definition) is 6. The predicted octanol–water partition coefficient (Wildman–Crippen LogP) is 3.77. The van der Waals surface area contributed by atoms with Gasteiger partial charge in [-0.15, -0.1) is 0 Å². The van der Waals surface area contributed by atoms with Gasteiger partial charge in [0.2, 0.25) is 0 Å². The van der Waals surface area contributed by atoms with Gasteiger partial charge >= 0.3 is 0 Å². The minimum atomic E-state index is -0.299. The molecule has 0 N–H and O–H groups in total. The summed E-state index contributed by atoms with van der Waals surface area (Å²) in [5.74, 6) is 0.993. The maximum atomic E-state index is 12.4. The second-order valence-corrected chi connectivity index (χ2v) is 7.36. The number of ether oxygens (including phenoxy) is 3. The lowest BCUT2D eigenvalue weighted by atomic mass is 10.2. The van der Waals surface area contributed by atoms with Gasteiger partial charge in [0.15, 0.2) is 11.5 Å². The molecule has 25 heavy (non-hydrogen) atoms. The summed E-state index contributed by atoms with van der Waals surface area (Å²) in [5, 5.41) is -0.280. The van der Waals surface area contributed by atoms with Gasteiger partial charge in [0.1, 0.15) is 0 Å². The molecule has 0 radical (unpaired) electrons. The topological polar surface area (TPSA) is 65.1 Å². The zero-order valence-electron chi connectivity index (χ0n) is 14.3. The molecule has 0 aromatic heterocycles. The van der Waals surface area contributed by atoms with E-state index in [0.29, 0.717) is 29.6 Å². The molecule has 2 amide bonds. The Morgan fingerprint density at radius 2 is 2.00 bits per heavy atom. The third-order valence-corrected chi connectivity index (χ3v) is 5.10. The molecule has 1 heterocycles. The van der Waals surface area contributed by atoms with Crippen LogP contribution >= 0.6 is 34.4 Å². The summed E-state index contributed by atoms with van der Waals surface area (Å²) in [6, 6.07) is 3.70. The molecule has 1 saturated heterocycles. The average Bonchev–Trinajstić information content (AvgIpc) is 2.85. The van der Waals surface area contributed by atoms with Crippen molar-refractivity contribution >= 4 is 51.6 Å². The van der Waals surface area contributed by atoms with Gasteiger partial charge in [0, 0.05) is 7.11 Å². The molecular formula is C17H20INO5S. The van der Waals surface area contributed by atoms with Gasteiger partial charge in [-0.3, -0.25) is 14.5 Å². The largest absolute Gasteiger partial charge is 0.493 e. The third-order valence-electron chi connectivity index (χ3n) is 3.39. The van der Waals surface area contributed by atoms with Gasteiger partial charge < -0.3 is 14.2 Å². The number of amides is 2. The van der Waals surface area contributed by atoms with Gasteiger partial charge in [0.05, 0.1) is 35.3 Å². The van der Waals surface area contributed by atoms with Crippen LogP contribution in [0.4, 0.5) is 4.79 Å². The van der Waals surface area contributed by atoms with E-state index in [9.17, 15) is 9.59 Å². The SMILES string of the molecule is CCCOc1c(I)cc(/C=C2\SC(=O)N(CCOC)C2=O)cc1OC. The Balaban J connectivity index is 2.27. The fraction of sp³-hybridized carbons (Fsp3) is 0.412. The molecule has 1 aromatic rings. The van der Waals surface area contributed by atoms with E-state index in [1.54, 1.807) is 19.3 Å².